The van der Waals surface area contributed by atoms with Crippen LogP contribution < -0.4 is 10.9 Å². The second-order valence-electron chi connectivity index (χ2n) is 4.20. The van der Waals surface area contributed by atoms with Crippen LogP contribution in [0.5, 0.6) is 0 Å². The van der Waals surface area contributed by atoms with E-state index in [1.807, 2.05) is 29.2 Å². The summed E-state index contributed by atoms with van der Waals surface area (Å²) >= 11 is 1.41. The molecule has 0 unspecified atom stereocenters. The number of aromatic amines is 1. The normalized spacial score (nSPS) is 11.2. The third kappa shape index (κ3) is 2.42. The molecule has 0 aliphatic rings. The first-order valence-electron chi connectivity index (χ1n) is 5.88. The van der Waals surface area contributed by atoms with Gasteiger partial charge in [-0.25, -0.2) is 4.98 Å². The van der Waals surface area contributed by atoms with Crippen LogP contribution >= 0.6 is 11.3 Å². The van der Waals surface area contributed by atoms with Crippen LogP contribution in [0.25, 0.3) is 10.2 Å². The second-order valence-corrected chi connectivity index (χ2v) is 5.11. The van der Waals surface area contributed by atoms with E-state index in [0.717, 1.165) is 11.2 Å². The van der Waals surface area contributed by atoms with E-state index in [0.29, 0.717) is 23.6 Å². The van der Waals surface area contributed by atoms with Crippen molar-refractivity contribution in [1.29, 1.82) is 0 Å². The van der Waals surface area contributed by atoms with Gasteiger partial charge in [-0.3, -0.25) is 9.48 Å². The van der Waals surface area contributed by atoms with E-state index >= 15 is 0 Å². The average Bonchev–Trinajstić information content (AvgIpc) is 2.99. The SMILES string of the molecule is Cn1nccc1CNCc1nc2ccsc2c(=O)[nH]1. The molecule has 6 nitrogen and oxygen atoms in total. The van der Waals surface area contributed by atoms with Crippen LogP contribution in [-0.4, -0.2) is 19.7 Å². The van der Waals surface area contributed by atoms with Gasteiger partial charge >= 0.3 is 0 Å². The van der Waals surface area contributed by atoms with Gasteiger partial charge in [0.2, 0.25) is 0 Å². The van der Waals surface area contributed by atoms with Gasteiger partial charge in [0.15, 0.2) is 0 Å². The lowest BCUT2D eigenvalue weighted by molar-refractivity contribution is 0.612. The van der Waals surface area contributed by atoms with Gasteiger partial charge in [-0.05, 0) is 17.5 Å². The summed E-state index contributed by atoms with van der Waals surface area (Å²) in [6.45, 7) is 1.20. The molecule has 3 aromatic heterocycles. The minimum Gasteiger partial charge on any atom is -0.308 e. The molecule has 0 aliphatic heterocycles. The highest BCUT2D eigenvalue weighted by atomic mass is 32.1. The van der Waals surface area contributed by atoms with Crippen molar-refractivity contribution in [2.75, 3.05) is 0 Å². The molecular formula is C12H13N5OS. The Balaban J connectivity index is 1.72. The number of rotatable bonds is 4. The van der Waals surface area contributed by atoms with Crippen molar-refractivity contribution in [3.63, 3.8) is 0 Å². The van der Waals surface area contributed by atoms with Crippen LogP contribution in [0.3, 0.4) is 0 Å². The van der Waals surface area contributed by atoms with Crippen molar-refractivity contribution in [3.8, 4) is 0 Å². The summed E-state index contributed by atoms with van der Waals surface area (Å²) in [5.74, 6) is 0.651. The van der Waals surface area contributed by atoms with E-state index in [2.05, 4.69) is 20.4 Å². The largest absolute Gasteiger partial charge is 0.308 e. The lowest BCUT2D eigenvalue weighted by Crippen LogP contribution is -2.19. The Labute approximate surface area is 113 Å². The molecule has 0 atom stereocenters. The van der Waals surface area contributed by atoms with Gasteiger partial charge in [0, 0.05) is 19.8 Å². The molecule has 0 aliphatic carbocycles. The highest BCUT2D eigenvalue weighted by Gasteiger charge is 2.05. The predicted molar refractivity (Wildman–Crippen MR) is 74.0 cm³/mol. The van der Waals surface area contributed by atoms with Crippen LogP contribution in [0, 0.1) is 0 Å². The zero-order valence-corrected chi connectivity index (χ0v) is 11.2. The number of hydrogen-bond acceptors (Lipinski definition) is 5. The van der Waals surface area contributed by atoms with E-state index in [1.165, 1.54) is 11.3 Å². The fourth-order valence-corrected chi connectivity index (χ4v) is 2.61. The fraction of sp³-hybridized carbons (Fsp3) is 0.250. The van der Waals surface area contributed by atoms with Gasteiger partial charge in [0.1, 0.15) is 10.5 Å². The summed E-state index contributed by atoms with van der Waals surface area (Å²) in [5, 5.41) is 9.21. The number of nitrogens with one attached hydrogen (secondary N) is 2. The molecule has 98 valence electrons. The van der Waals surface area contributed by atoms with Crippen molar-refractivity contribution in [1.82, 2.24) is 25.1 Å². The summed E-state index contributed by atoms with van der Waals surface area (Å²) in [6.07, 6.45) is 1.76. The van der Waals surface area contributed by atoms with Crippen molar-refractivity contribution >= 4 is 21.6 Å². The molecule has 3 aromatic rings. The molecule has 0 aromatic carbocycles. The Bertz CT molecular complexity index is 757. The fourth-order valence-electron chi connectivity index (χ4n) is 1.89. The van der Waals surface area contributed by atoms with Gasteiger partial charge in [0.05, 0.1) is 17.8 Å². The molecule has 0 saturated carbocycles. The monoisotopic (exact) mass is 275 g/mol. The van der Waals surface area contributed by atoms with Crippen LogP contribution in [-0.2, 0) is 20.1 Å². The number of H-pyrrole nitrogens is 1. The minimum absolute atomic E-state index is 0.0719. The first kappa shape index (κ1) is 12.1. The molecule has 19 heavy (non-hydrogen) atoms. The van der Waals surface area contributed by atoms with Crippen molar-refractivity contribution in [2.45, 2.75) is 13.1 Å². The maximum Gasteiger partial charge on any atom is 0.268 e. The van der Waals surface area contributed by atoms with Crippen LogP contribution in [0.15, 0.2) is 28.5 Å². The van der Waals surface area contributed by atoms with Gasteiger partial charge in [-0.15, -0.1) is 11.3 Å². The molecule has 0 radical (unpaired) electrons. The molecular weight excluding hydrogens is 262 g/mol. The molecule has 7 heteroatoms. The molecule has 0 saturated heterocycles. The van der Waals surface area contributed by atoms with Crippen LogP contribution in [0.1, 0.15) is 11.5 Å². The Kier molecular flexibility index (Phi) is 3.14. The van der Waals surface area contributed by atoms with E-state index in [9.17, 15) is 4.79 Å². The Hall–Kier alpha value is -1.99. The maximum absolute atomic E-state index is 11.8. The number of fused-ring (bicyclic) bond motifs is 1. The Morgan fingerprint density at radius 3 is 3.11 bits per heavy atom. The number of thiophene rings is 1. The Morgan fingerprint density at radius 2 is 2.32 bits per heavy atom. The smallest absolute Gasteiger partial charge is 0.268 e. The zero-order chi connectivity index (χ0) is 13.2. The molecule has 2 N–H and O–H groups in total. The molecule has 0 bridgehead atoms. The number of nitrogens with zero attached hydrogens (tertiary/aromatic N) is 3. The summed E-state index contributed by atoms with van der Waals surface area (Å²) in [7, 11) is 1.90. The topological polar surface area (TPSA) is 75.6 Å². The van der Waals surface area contributed by atoms with Crippen LogP contribution in [0.2, 0.25) is 0 Å². The van der Waals surface area contributed by atoms with Gasteiger partial charge < -0.3 is 10.3 Å². The van der Waals surface area contributed by atoms with Crippen molar-refractivity contribution in [2.24, 2.45) is 7.05 Å². The van der Waals surface area contributed by atoms with Gasteiger partial charge in [-0.1, -0.05) is 0 Å². The quantitative estimate of drug-likeness (QED) is 0.745. The molecule has 0 spiro atoms. The summed E-state index contributed by atoms with van der Waals surface area (Å²) in [4.78, 5) is 19.0. The minimum atomic E-state index is -0.0719. The predicted octanol–water partition coefficient (Wildman–Crippen LogP) is 1.01. The van der Waals surface area contributed by atoms with Crippen LogP contribution in [0.4, 0.5) is 0 Å². The first-order valence-corrected chi connectivity index (χ1v) is 6.76. The first-order chi connectivity index (χ1) is 9.24. The number of aromatic nitrogens is 4. The van der Waals surface area contributed by atoms with Crippen molar-refractivity contribution in [3.05, 3.63) is 45.6 Å². The second kappa shape index (κ2) is 4.94. The third-order valence-corrected chi connectivity index (χ3v) is 3.79. The summed E-state index contributed by atoms with van der Waals surface area (Å²) in [6, 6.07) is 3.81. The number of hydrogen-bond donors (Lipinski definition) is 2. The number of aryl methyl sites for hydroxylation is 1. The van der Waals surface area contributed by atoms with E-state index in [-0.39, 0.29) is 5.56 Å². The standard InChI is InChI=1S/C12H13N5OS/c1-17-8(2-4-14-17)6-13-7-10-15-9-3-5-19-11(9)12(18)16-10/h2-5,13H,6-7H2,1H3,(H,15,16,18). The van der Waals surface area contributed by atoms with E-state index < -0.39 is 0 Å². The summed E-state index contributed by atoms with van der Waals surface area (Å²) in [5.41, 5.74) is 1.77. The van der Waals surface area contributed by atoms with Gasteiger partial charge in [-0.2, -0.15) is 5.10 Å². The van der Waals surface area contributed by atoms with Crippen molar-refractivity contribution < 1.29 is 0 Å². The molecule has 3 heterocycles. The molecule has 0 fully saturated rings. The lowest BCUT2D eigenvalue weighted by atomic mass is 10.4. The van der Waals surface area contributed by atoms with E-state index in [1.54, 1.807) is 6.20 Å². The summed E-state index contributed by atoms with van der Waals surface area (Å²) < 4.78 is 2.49. The highest BCUT2D eigenvalue weighted by molar-refractivity contribution is 7.17. The maximum atomic E-state index is 11.8. The average molecular weight is 275 g/mol. The molecule has 0 amide bonds. The zero-order valence-electron chi connectivity index (χ0n) is 10.4. The van der Waals surface area contributed by atoms with Gasteiger partial charge in [0.25, 0.3) is 5.56 Å². The Morgan fingerprint density at radius 1 is 1.42 bits per heavy atom. The highest BCUT2D eigenvalue weighted by Crippen LogP contribution is 2.13. The third-order valence-electron chi connectivity index (χ3n) is 2.88. The lowest BCUT2D eigenvalue weighted by Gasteiger charge is -2.04. The molecule has 3 rings (SSSR count). The van der Waals surface area contributed by atoms with E-state index in [4.69, 9.17) is 0 Å².